The van der Waals surface area contributed by atoms with Crippen LogP contribution in [0.1, 0.15) is 24.2 Å². The average molecular weight is 270 g/mol. The van der Waals surface area contributed by atoms with E-state index >= 15 is 0 Å². The molecule has 4 nitrogen and oxygen atoms in total. The highest BCUT2D eigenvalue weighted by Gasteiger charge is 2.15. The van der Waals surface area contributed by atoms with Crippen molar-refractivity contribution in [2.24, 2.45) is 5.92 Å². The predicted molar refractivity (Wildman–Crippen MR) is 79.7 cm³/mol. The van der Waals surface area contributed by atoms with Gasteiger partial charge < -0.3 is 10.1 Å². The Morgan fingerprint density at radius 1 is 1.25 bits per heavy atom. The zero-order valence-corrected chi connectivity index (χ0v) is 11.9. The highest BCUT2D eigenvalue weighted by molar-refractivity contribution is 6.02. The van der Waals surface area contributed by atoms with Crippen molar-refractivity contribution in [3.63, 3.8) is 0 Å². The second-order valence-electron chi connectivity index (χ2n) is 4.78. The van der Waals surface area contributed by atoms with E-state index in [-0.39, 0.29) is 11.7 Å². The molecule has 0 saturated carbocycles. The lowest BCUT2D eigenvalue weighted by Gasteiger charge is -2.12. The maximum absolute atomic E-state index is 12.2. The predicted octanol–water partition coefficient (Wildman–Crippen LogP) is 3.67. The summed E-state index contributed by atoms with van der Waals surface area (Å²) in [5.41, 5.74) is 1.44. The normalized spacial score (nSPS) is 10.4. The highest BCUT2D eigenvalue weighted by Crippen LogP contribution is 2.23. The summed E-state index contributed by atoms with van der Waals surface area (Å²) in [6, 6.07) is 11.1. The fourth-order valence-corrected chi connectivity index (χ4v) is 1.85. The van der Waals surface area contributed by atoms with Crippen LogP contribution < -0.4 is 10.1 Å². The smallest absolute Gasteiger partial charge is 0.169 e. The molecule has 20 heavy (non-hydrogen) atoms. The summed E-state index contributed by atoms with van der Waals surface area (Å²) in [4.78, 5) is 16.4. The molecule has 0 unspecified atom stereocenters. The van der Waals surface area contributed by atoms with Gasteiger partial charge in [-0.05, 0) is 24.3 Å². The number of anilines is 2. The quantitative estimate of drug-likeness (QED) is 0.842. The lowest BCUT2D eigenvalue weighted by atomic mass is 10.0. The van der Waals surface area contributed by atoms with Gasteiger partial charge in [-0.1, -0.05) is 19.9 Å². The van der Waals surface area contributed by atoms with Crippen LogP contribution in [0.15, 0.2) is 42.6 Å². The standard InChI is InChI=1S/C16H18N2O2/c1-11(2)15(19)14-8-5-9-17-16(14)18-12-6-4-7-13(10-12)20-3/h4-11H,1-3H3,(H,17,18). The zero-order valence-electron chi connectivity index (χ0n) is 11.9. The van der Waals surface area contributed by atoms with Crippen LogP contribution >= 0.6 is 0 Å². The first-order valence-corrected chi connectivity index (χ1v) is 6.52. The summed E-state index contributed by atoms with van der Waals surface area (Å²) in [7, 11) is 1.62. The molecular formula is C16H18N2O2. The summed E-state index contributed by atoms with van der Waals surface area (Å²) in [5.74, 6) is 1.33. The lowest BCUT2D eigenvalue weighted by Crippen LogP contribution is -2.11. The molecule has 0 saturated heterocycles. The van der Waals surface area contributed by atoms with E-state index in [0.717, 1.165) is 11.4 Å². The van der Waals surface area contributed by atoms with Crippen molar-refractivity contribution < 1.29 is 9.53 Å². The fourth-order valence-electron chi connectivity index (χ4n) is 1.85. The summed E-state index contributed by atoms with van der Waals surface area (Å²) in [5, 5.41) is 3.17. The number of carbonyl (C=O) groups is 1. The number of aromatic nitrogens is 1. The molecule has 1 aromatic heterocycles. The molecule has 2 rings (SSSR count). The maximum Gasteiger partial charge on any atom is 0.169 e. The van der Waals surface area contributed by atoms with Gasteiger partial charge in [-0.25, -0.2) is 4.98 Å². The highest BCUT2D eigenvalue weighted by atomic mass is 16.5. The minimum Gasteiger partial charge on any atom is -0.497 e. The van der Waals surface area contributed by atoms with Crippen LogP contribution in [0.2, 0.25) is 0 Å². The van der Waals surface area contributed by atoms with Crippen LogP contribution in [0.5, 0.6) is 5.75 Å². The van der Waals surface area contributed by atoms with Gasteiger partial charge in [-0.2, -0.15) is 0 Å². The lowest BCUT2D eigenvalue weighted by molar-refractivity contribution is 0.0940. The van der Waals surface area contributed by atoms with Crippen LogP contribution in [-0.2, 0) is 0 Å². The van der Waals surface area contributed by atoms with Crippen molar-refractivity contribution >= 4 is 17.3 Å². The van der Waals surface area contributed by atoms with Crippen LogP contribution in [0, 0.1) is 5.92 Å². The molecule has 0 aliphatic carbocycles. The van der Waals surface area contributed by atoms with Gasteiger partial charge in [-0.3, -0.25) is 4.79 Å². The third kappa shape index (κ3) is 3.15. The first-order valence-electron chi connectivity index (χ1n) is 6.52. The minimum absolute atomic E-state index is 0.0648. The van der Waals surface area contributed by atoms with Crippen molar-refractivity contribution in [3.8, 4) is 5.75 Å². The first kappa shape index (κ1) is 14.1. The largest absolute Gasteiger partial charge is 0.497 e. The topological polar surface area (TPSA) is 51.2 Å². The van der Waals surface area contributed by atoms with Gasteiger partial charge in [0.15, 0.2) is 5.78 Å². The Kier molecular flexibility index (Phi) is 4.35. The molecule has 0 spiro atoms. The molecule has 1 N–H and O–H groups in total. The minimum atomic E-state index is -0.0648. The number of hydrogen-bond donors (Lipinski definition) is 1. The Morgan fingerprint density at radius 2 is 2.05 bits per heavy atom. The van der Waals surface area contributed by atoms with Crippen LogP contribution in [0.3, 0.4) is 0 Å². The number of rotatable bonds is 5. The van der Waals surface area contributed by atoms with E-state index in [1.54, 1.807) is 25.4 Å². The van der Waals surface area contributed by atoms with Crippen molar-refractivity contribution in [1.29, 1.82) is 0 Å². The van der Waals surface area contributed by atoms with E-state index in [2.05, 4.69) is 10.3 Å². The summed E-state index contributed by atoms with van der Waals surface area (Å²) in [6.07, 6.45) is 1.67. The molecule has 0 bridgehead atoms. The van der Waals surface area contributed by atoms with Gasteiger partial charge in [0.2, 0.25) is 0 Å². The molecule has 0 amide bonds. The Labute approximate surface area is 118 Å². The second-order valence-corrected chi connectivity index (χ2v) is 4.78. The molecule has 104 valence electrons. The van der Waals surface area contributed by atoms with Gasteiger partial charge in [0, 0.05) is 23.9 Å². The molecule has 0 radical (unpaired) electrons. The number of hydrogen-bond acceptors (Lipinski definition) is 4. The van der Waals surface area contributed by atoms with E-state index in [9.17, 15) is 4.79 Å². The van der Waals surface area contributed by atoms with E-state index in [0.29, 0.717) is 11.4 Å². The number of nitrogens with zero attached hydrogens (tertiary/aromatic N) is 1. The summed E-state index contributed by atoms with van der Waals surface area (Å²) in [6.45, 7) is 3.76. The number of benzene rings is 1. The molecule has 0 aliphatic rings. The summed E-state index contributed by atoms with van der Waals surface area (Å²) >= 11 is 0. The number of carbonyl (C=O) groups excluding carboxylic acids is 1. The molecule has 1 heterocycles. The zero-order chi connectivity index (χ0) is 14.5. The number of pyridine rings is 1. The molecule has 2 aromatic rings. The Hall–Kier alpha value is -2.36. The number of ketones is 1. The van der Waals surface area contributed by atoms with Gasteiger partial charge >= 0.3 is 0 Å². The van der Waals surface area contributed by atoms with Gasteiger partial charge in [0.05, 0.1) is 12.7 Å². The van der Waals surface area contributed by atoms with E-state index in [4.69, 9.17) is 4.74 Å². The van der Waals surface area contributed by atoms with E-state index in [1.165, 1.54) is 0 Å². The van der Waals surface area contributed by atoms with Gasteiger partial charge in [0.25, 0.3) is 0 Å². The average Bonchev–Trinajstić information content (AvgIpc) is 2.47. The monoisotopic (exact) mass is 270 g/mol. The number of Topliss-reactive ketones (excluding diaryl/α,β-unsaturated/α-hetero) is 1. The Bertz CT molecular complexity index is 609. The van der Waals surface area contributed by atoms with Crippen molar-refractivity contribution in [3.05, 3.63) is 48.2 Å². The second kappa shape index (κ2) is 6.19. The van der Waals surface area contributed by atoms with Gasteiger partial charge in [-0.15, -0.1) is 0 Å². The first-order chi connectivity index (χ1) is 9.61. The van der Waals surface area contributed by atoms with E-state index < -0.39 is 0 Å². The maximum atomic E-state index is 12.2. The van der Waals surface area contributed by atoms with Crippen molar-refractivity contribution in [1.82, 2.24) is 4.98 Å². The van der Waals surface area contributed by atoms with Gasteiger partial charge in [0.1, 0.15) is 11.6 Å². The Balaban J connectivity index is 2.31. The molecule has 0 aliphatic heterocycles. The molecule has 0 fully saturated rings. The SMILES string of the molecule is COc1cccc(Nc2ncccc2C(=O)C(C)C)c1. The third-order valence-electron chi connectivity index (χ3n) is 2.93. The molecule has 1 aromatic carbocycles. The van der Waals surface area contributed by atoms with Crippen molar-refractivity contribution in [2.75, 3.05) is 12.4 Å². The van der Waals surface area contributed by atoms with Crippen molar-refractivity contribution in [2.45, 2.75) is 13.8 Å². The number of ether oxygens (including phenoxy) is 1. The van der Waals surface area contributed by atoms with E-state index in [1.807, 2.05) is 38.1 Å². The molecular weight excluding hydrogens is 252 g/mol. The number of nitrogens with one attached hydrogen (secondary N) is 1. The van der Waals surface area contributed by atoms with Crippen LogP contribution in [0.4, 0.5) is 11.5 Å². The fraction of sp³-hybridized carbons (Fsp3) is 0.250. The Morgan fingerprint density at radius 3 is 2.75 bits per heavy atom. The van der Waals surface area contributed by atoms with Crippen LogP contribution in [0.25, 0.3) is 0 Å². The molecule has 4 heteroatoms. The summed E-state index contributed by atoms with van der Waals surface area (Å²) < 4.78 is 5.18. The van der Waals surface area contributed by atoms with Crippen LogP contribution in [-0.4, -0.2) is 17.9 Å². The third-order valence-corrected chi connectivity index (χ3v) is 2.93. The molecule has 0 atom stereocenters. The number of methoxy groups -OCH3 is 1.